The number of rotatable bonds is 6. The van der Waals surface area contributed by atoms with Crippen LogP contribution in [-0.2, 0) is 17.8 Å². The molecule has 0 aliphatic heterocycles. The van der Waals surface area contributed by atoms with Gasteiger partial charge in [0.25, 0.3) is 0 Å². The van der Waals surface area contributed by atoms with Gasteiger partial charge in [-0.15, -0.1) is 11.3 Å². The number of nitrogens with zero attached hydrogens (tertiary/aromatic N) is 3. The van der Waals surface area contributed by atoms with Crippen molar-refractivity contribution in [3.05, 3.63) is 58.3 Å². The first-order valence-corrected chi connectivity index (χ1v) is 9.15. The fourth-order valence-electron chi connectivity index (χ4n) is 2.56. The summed E-state index contributed by atoms with van der Waals surface area (Å²) in [4.78, 5) is 19.7. The average Bonchev–Trinajstić information content (AvgIpc) is 3.27. The summed E-state index contributed by atoms with van der Waals surface area (Å²) in [6.45, 7) is 7.01. The van der Waals surface area contributed by atoms with Crippen molar-refractivity contribution in [1.82, 2.24) is 15.0 Å². The summed E-state index contributed by atoms with van der Waals surface area (Å²) in [6, 6.07) is 10.0. The Balaban J connectivity index is 1.67. The molecule has 0 saturated heterocycles. The topological polar surface area (TPSA) is 59.2 Å². The Morgan fingerprint density at radius 2 is 2.08 bits per heavy atom. The molecular weight excluding hydrogens is 334 g/mol. The zero-order valence-corrected chi connectivity index (χ0v) is 15.5. The Kier molecular flexibility index (Phi) is 5.28. The molecule has 130 valence electrons. The lowest BCUT2D eigenvalue weighted by atomic mass is 10.0. The number of hydrogen-bond donors (Lipinski definition) is 0. The Hall–Kier alpha value is -2.47. The monoisotopic (exact) mass is 355 g/mol. The fourth-order valence-corrected chi connectivity index (χ4v) is 3.21. The minimum Gasteiger partial charge on any atom is -0.337 e. The van der Waals surface area contributed by atoms with E-state index in [1.807, 2.05) is 30.5 Å². The average molecular weight is 355 g/mol. The minimum absolute atomic E-state index is 0.0571. The van der Waals surface area contributed by atoms with E-state index in [0.29, 0.717) is 31.2 Å². The van der Waals surface area contributed by atoms with Crippen LogP contribution in [0.4, 0.5) is 0 Å². The quantitative estimate of drug-likeness (QED) is 0.670. The molecule has 1 amide bonds. The van der Waals surface area contributed by atoms with Gasteiger partial charge in [0.15, 0.2) is 0 Å². The molecule has 0 saturated carbocycles. The van der Waals surface area contributed by atoms with Crippen LogP contribution in [0.1, 0.15) is 29.5 Å². The third-order valence-corrected chi connectivity index (χ3v) is 5.06. The third-order valence-electron chi connectivity index (χ3n) is 4.20. The molecule has 2 heterocycles. The Labute approximate surface area is 151 Å². The molecule has 0 atom stereocenters. The van der Waals surface area contributed by atoms with E-state index in [1.54, 1.807) is 16.2 Å². The summed E-state index contributed by atoms with van der Waals surface area (Å²) in [6.07, 6.45) is 0.376. The van der Waals surface area contributed by atoms with Gasteiger partial charge in [-0.1, -0.05) is 29.4 Å². The van der Waals surface area contributed by atoms with E-state index in [9.17, 15) is 4.79 Å². The van der Waals surface area contributed by atoms with Crippen molar-refractivity contribution < 1.29 is 9.32 Å². The van der Waals surface area contributed by atoms with Gasteiger partial charge in [-0.05, 0) is 48.9 Å². The van der Waals surface area contributed by atoms with Crippen molar-refractivity contribution in [1.29, 1.82) is 0 Å². The van der Waals surface area contributed by atoms with Crippen molar-refractivity contribution in [3.63, 3.8) is 0 Å². The van der Waals surface area contributed by atoms with Gasteiger partial charge >= 0.3 is 0 Å². The molecule has 5 nitrogen and oxygen atoms in total. The highest BCUT2D eigenvalue weighted by molar-refractivity contribution is 7.13. The smallest absolute Gasteiger partial charge is 0.246 e. The van der Waals surface area contributed by atoms with Gasteiger partial charge in [0.1, 0.15) is 0 Å². The number of hydrogen-bond acceptors (Lipinski definition) is 5. The minimum atomic E-state index is 0.0571. The Morgan fingerprint density at radius 3 is 2.76 bits per heavy atom. The highest BCUT2D eigenvalue weighted by Gasteiger charge is 2.17. The van der Waals surface area contributed by atoms with Crippen LogP contribution in [0.3, 0.4) is 0 Å². The molecule has 3 rings (SSSR count). The number of likely N-dealkylation sites (N-methyl/N-ethyl adjacent to an activating group) is 1. The molecule has 0 bridgehead atoms. The van der Waals surface area contributed by atoms with Gasteiger partial charge in [-0.25, -0.2) is 0 Å². The lowest BCUT2D eigenvalue weighted by molar-refractivity contribution is -0.131. The summed E-state index contributed by atoms with van der Waals surface area (Å²) < 4.78 is 5.31. The molecule has 6 heteroatoms. The largest absolute Gasteiger partial charge is 0.337 e. The maximum atomic E-state index is 12.6. The van der Waals surface area contributed by atoms with Gasteiger partial charge < -0.3 is 9.42 Å². The number of aryl methyl sites for hydroxylation is 2. The molecule has 0 fully saturated rings. The van der Waals surface area contributed by atoms with Crippen LogP contribution in [-0.4, -0.2) is 27.5 Å². The first-order chi connectivity index (χ1) is 12.1. The lowest BCUT2D eigenvalue weighted by Crippen LogP contribution is -2.31. The first kappa shape index (κ1) is 17.4. The number of aromatic nitrogens is 2. The number of carbonyl (C=O) groups excluding carboxylic acids is 1. The number of carbonyl (C=O) groups is 1. The predicted octanol–water partition coefficient (Wildman–Crippen LogP) is 4.01. The van der Waals surface area contributed by atoms with Crippen molar-refractivity contribution >= 4 is 17.2 Å². The van der Waals surface area contributed by atoms with Gasteiger partial charge in [-0.3, -0.25) is 4.79 Å². The zero-order chi connectivity index (χ0) is 17.8. The maximum absolute atomic E-state index is 12.6. The molecule has 0 N–H and O–H groups in total. The van der Waals surface area contributed by atoms with Crippen LogP contribution >= 0.6 is 11.3 Å². The van der Waals surface area contributed by atoms with Crippen LogP contribution in [0, 0.1) is 13.8 Å². The predicted molar refractivity (Wildman–Crippen MR) is 98.3 cm³/mol. The first-order valence-electron chi connectivity index (χ1n) is 8.27. The van der Waals surface area contributed by atoms with Crippen molar-refractivity contribution in [2.24, 2.45) is 0 Å². The van der Waals surface area contributed by atoms with E-state index in [0.717, 1.165) is 10.4 Å². The molecule has 25 heavy (non-hydrogen) atoms. The zero-order valence-electron chi connectivity index (χ0n) is 14.7. The highest BCUT2D eigenvalue weighted by atomic mass is 32.1. The lowest BCUT2D eigenvalue weighted by Gasteiger charge is -2.19. The Bertz CT molecular complexity index is 855. The van der Waals surface area contributed by atoms with E-state index in [4.69, 9.17) is 4.52 Å². The second-order valence-corrected chi connectivity index (χ2v) is 6.94. The van der Waals surface area contributed by atoms with Gasteiger partial charge in [0.05, 0.1) is 17.8 Å². The molecule has 2 aromatic heterocycles. The van der Waals surface area contributed by atoms with Gasteiger partial charge in [0, 0.05) is 6.54 Å². The molecule has 3 aromatic rings. The summed E-state index contributed by atoms with van der Waals surface area (Å²) in [5, 5.41) is 5.97. The molecule has 0 aliphatic rings. The summed E-state index contributed by atoms with van der Waals surface area (Å²) >= 11 is 1.56. The van der Waals surface area contributed by atoms with Gasteiger partial charge in [0.2, 0.25) is 17.6 Å². The third kappa shape index (κ3) is 4.14. The normalized spacial score (nSPS) is 10.8. The van der Waals surface area contributed by atoms with E-state index >= 15 is 0 Å². The Morgan fingerprint density at radius 1 is 1.24 bits per heavy atom. The van der Waals surface area contributed by atoms with E-state index in [-0.39, 0.29) is 5.91 Å². The molecule has 0 aliphatic carbocycles. The summed E-state index contributed by atoms with van der Waals surface area (Å²) in [5.74, 6) is 1.09. The standard InChI is InChI=1S/C19H21N3O2S/c1-4-22(18(23)11-15-8-7-13(2)14(3)10-15)12-17-20-19(21-24-17)16-6-5-9-25-16/h5-10H,4,11-12H2,1-3H3. The van der Waals surface area contributed by atoms with Crippen molar-refractivity contribution in [3.8, 4) is 10.7 Å². The van der Waals surface area contributed by atoms with Crippen LogP contribution in [0.15, 0.2) is 40.2 Å². The van der Waals surface area contributed by atoms with Crippen LogP contribution < -0.4 is 0 Å². The van der Waals surface area contributed by atoms with Crippen LogP contribution in [0.5, 0.6) is 0 Å². The molecule has 0 spiro atoms. The van der Waals surface area contributed by atoms with Crippen LogP contribution in [0.2, 0.25) is 0 Å². The molecule has 0 radical (unpaired) electrons. The number of thiophene rings is 1. The summed E-state index contributed by atoms with van der Waals surface area (Å²) in [5.41, 5.74) is 3.46. The van der Waals surface area contributed by atoms with Crippen LogP contribution in [0.25, 0.3) is 10.7 Å². The summed E-state index contributed by atoms with van der Waals surface area (Å²) in [7, 11) is 0. The number of benzene rings is 1. The highest BCUT2D eigenvalue weighted by Crippen LogP contribution is 2.21. The van der Waals surface area contributed by atoms with E-state index in [2.05, 4.69) is 36.1 Å². The van der Waals surface area contributed by atoms with E-state index in [1.165, 1.54) is 11.1 Å². The van der Waals surface area contributed by atoms with Crippen molar-refractivity contribution in [2.45, 2.75) is 33.7 Å². The second-order valence-electron chi connectivity index (χ2n) is 5.99. The van der Waals surface area contributed by atoms with Crippen molar-refractivity contribution in [2.75, 3.05) is 6.54 Å². The van der Waals surface area contributed by atoms with Gasteiger partial charge in [-0.2, -0.15) is 4.98 Å². The molecule has 0 unspecified atom stereocenters. The number of amides is 1. The molecular formula is C19H21N3O2S. The molecule has 1 aromatic carbocycles. The SMILES string of the molecule is CCN(Cc1nc(-c2cccs2)no1)C(=O)Cc1ccc(C)c(C)c1. The van der Waals surface area contributed by atoms with E-state index < -0.39 is 0 Å². The second kappa shape index (κ2) is 7.61. The maximum Gasteiger partial charge on any atom is 0.246 e. The fraction of sp³-hybridized carbons (Fsp3) is 0.316.